The number of likely N-dealkylation sites (tertiary alicyclic amines) is 1. The van der Waals surface area contributed by atoms with Gasteiger partial charge in [-0.25, -0.2) is 10.8 Å². The molecule has 2 rings (SSSR count). The summed E-state index contributed by atoms with van der Waals surface area (Å²) < 4.78 is 5.63. The molecule has 0 radical (unpaired) electrons. The minimum atomic E-state index is 0.624. The highest BCUT2D eigenvalue weighted by atomic mass is 16.5. The van der Waals surface area contributed by atoms with Gasteiger partial charge in [0.1, 0.15) is 18.2 Å². The van der Waals surface area contributed by atoms with Crippen molar-refractivity contribution in [2.24, 2.45) is 5.84 Å². The summed E-state index contributed by atoms with van der Waals surface area (Å²) in [6, 6.07) is 3.63. The van der Waals surface area contributed by atoms with Crippen molar-refractivity contribution in [2.45, 2.75) is 12.8 Å². The lowest BCUT2D eigenvalue weighted by molar-refractivity contribution is 0.237. The van der Waals surface area contributed by atoms with Gasteiger partial charge in [-0.15, -0.1) is 0 Å². The number of aromatic nitrogens is 1. The second-order valence-corrected chi connectivity index (χ2v) is 3.92. The van der Waals surface area contributed by atoms with E-state index >= 15 is 0 Å². The highest BCUT2D eigenvalue weighted by molar-refractivity contribution is 5.39. The van der Waals surface area contributed by atoms with Crippen molar-refractivity contribution >= 4 is 5.82 Å². The molecule has 0 saturated carbocycles. The topological polar surface area (TPSA) is 63.4 Å². The van der Waals surface area contributed by atoms with E-state index in [0.29, 0.717) is 12.4 Å². The van der Waals surface area contributed by atoms with Gasteiger partial charge in [-0.05, 0) is 32.0 Å². The Labute approximate surface area is 95.6 Å². The molecule has 0 aromatic carbocycles. The fourth-order valence-electron chi connectivity index (χ4n) is 1.88. The molecule has 0 unspecified atom stereocenters. The van der Waals surface area contributed by atoms with Crippen LogP contribution in [0.2, 0.25) is 0 Å². The van der Waals surface area contributed by atoms with Gasteiger partial charge in [0, 0.05) is 18.8 Å². The van der Waals surface area contributed by atoms with Crippen LogP contribution in [0.25, 0.3) is 0 Å². The maximum atomic E-state index is 5.63. The molecule has 0 atom stereocenters. The number of hydrazine groups is 1. The molecule has 0 spiro atoms. The Bertz CT molecular complexity index is 326. The second kappa shape index (κ2) is 5.67. The predicted octanol–water partition coefficient (Wildman–Crippen LogP) is 0.842. The van der Waals surface area contributed by atoms with Gasteiger partial charge in [-0.3, -0.25) is 4.90 Å². The third-order valence-corrected chi connectivity index (χ3v) is 2.75. The molecule has 1 aromatic rings. The molecule has 3 N–H and O–H groups in total. The van der Waals surface area contributed by atoms with Crippen LogP contribution >= 0.6 is 0 Å². The number of rotatable bonds is 5. The highest BCUT2D eigenvalue weighted by Gasteiger charge is 2.10. The number of nitrogens with two attached hydrogens (primary N) is 1. The summed E-state index contributed by atoms with van der Waals surface area (Å²) in [4.78, 5) is 6.44. The zero-order valence-electron chi connectivity index (χ0n) is 9.35. The number of ether oxygens (including phenoxy) is 1. The van der Waals surface area contributed by atoms with Crippen LogP contribution in [-0.4, -0.2) is 36.1 Å². The van der Waals surface area contributed by atoms with E-state index in [4.69, 9.17) is 10.6 Å². The third kappa shape index (κ3) is 3.08. The van der Waals surface area contributed by atoms with E-state index in [0.717, 1.165) is 12.3 Å². The fourth-order valence-corrected chi connectivity index (χ4v) is 1.88. The summed E-state index contributed by atoms with van der Waals surface area (Å²) in [5, 5.41) is 0. The van der Waals surface area contributed by atoms with Gasteiger partial charge in [-0.1, -0.05) is 0 Å². The molecule has 0 bridgehead atoms. The van der Waals surface area contributed by atoms with Gasteiger partial charge in [-0.2, -0.15) is 0 Å². The van der Waals surface area contributed by atoms with Crippen LogP contribution < -0.4 is 16.0 Å². The van der Waals surface area contributed by atoms with Crippen molar-refractivity contribution in [3.05, 3.63) is 18.3 Å². The number of nitrogens with one attached hydrogen (secondary N) is 1. The Balaban J connectivity index is 1.75. The van der Waals surface area contributed by atoms with Crippen LogP contribution in [0.1, 0.15) is 12.8 Å². The third-order valence-electron chi connectivity index (χ3n) is 2.75. The first kappa shape index (κ1) is 11.2. The van der Waals surface area contributed by atoms with Crippen molar-refractivity contribution < 1.29 is 4.74 Å². The smallest absolute Gasteiger partial charge is 0.143 e. The Morgan fingerprint density at radius 2 is 2.25 bits per heavy atom. The van der Waals surface area contributed by atoms with E-state index in [-0.39, 0.29) is 0 Å². The SMILES string of the molecule is NNc1cc(OCCN2CCCC2)ccn1. The van der Waals surface area contributed by atoms with Gasteiger partial charge in [0.25, 0.3) is 0 Å². The fraction of sp³-hybridized carbons (Fsp3) is 0.545. The molecule has 1 aromatic heterocycles. The first-order valence-electron chi connectivity index (χ1n) is 5.66. The summed E-state index contributed by atoms with van der Waals surface area (Å²) in [6.45, 7) is 4.12. The summed E-state index contributed by atoms with van der Waals surface area (Å²) in [5.41, 5.74) is 2.50. The van der Waals surface area contributed by atoms with Gasteiger partial charge in [0.15, 0.2) is 0 Å². The molecule has 16 heavy (non-hydrogen) atoms. The standard InChI is InChI=1S/C11H18N4O/c12-14-11-9-10(3-4-13-11)16-8-7-15-5-1-2-6-15/h3-4,9H,1-2,5-8,12H2,(H,13,14). The van der Waals surface area contributed by atoms with Crippen molar-refractivity contribution in [3.63, 3.8) is 0 Å². The van der Waals surface area contributed by atoms with E-state index in [1.165, 1.54) is 25.9 Å². The molecule has 0 aliphatic carbocycles. The normalized spacial score (nSPS) is 16.3. The van der Waals surface area contributed by atoms with E-state index in [1.54, 1.807) is 12.3 Å². The summed E-state index contributed by atoms with van der Waals surface area (Å²) in [6.07, 6.45) is 4.31. The molecular formula is C11H18N4O. The van der Waals surface area contributed by atoms with Crippen molar-refractivity contribution in [3.8, 4) is 5.75 Å². The van der Waals surface area contributed by atoms with Crippen LogP contribution in [0.15, 0.2) is 18.3 Å². The van der Waals surface area contributed by atoms with Gasteiger partial charge >= 0.3 is 0 Å². The molecular weight excluding hydrogens is 204 g/mol. The molecule has 1 aliphatic rings. The van der Waals surface area contributed by atoms with E-state index in [9.17, 15) is 0 Å². The molecule has 1 saturated heterocycles. The van der Waals surface area contributed by atoms with E-state index in [2.05, 4.69) is 15.3 Å². The van der Waals surface area contributed by atoms with E-state index in [1.807, 2.05) is 6.07 Å². The second-order valence-electron chi connectivity index (χ2n) is 3.92. The van der Waals surface area contributed by atoms with Gasteiger partial charge in [0.2, 0.25) is 0 Å². The van der Waals surface area contributed by atoms with Crippen LogP contribution in [0.4, 0.5) is 5.82 Å². The molecule has 88 valence electrons. The minimum absolute atomic E-state index is 0.624. The van der Waals surface area contributed by atoms with Crippen LogP contribution in [0.3, 0.4) is 0 Å². The number of hydrogen-bond donors (Lipinski definition) is 2. The molecule has 5 heteroatoms. The van der Waals surface area contributed by atoms with Crippen molar-refractivity contribution in [1.82, 2.24) is 9.88 Å². The number of nitrogen functional groups attached to an aromatic ring is 1. The number of hydrogen-bond acceptors (Lipinski definition) is 5. The zero-order chi connectivity index (χ0) is 11.2. The van der Waals surface area contributed by atoms with Gasteiger partial charge < -0.3 is 10.2 Å². The number of pyridine rings is 1. The quantitative estimate of drug-likeness (QED) is 0.571. The maximum absolute atomic E-state index is 5.63. The monoisotopic (exact) mass is 222 g/mol. The Hall–Kier alpha value is -1.33. The maximum Gasteiger partial charge on any atom is 0.143 e. The Morgan fingerprint density at radius 1 is 1.44 bits per heavy atom. The Morgan fingerprint density at radius 3 is 3.00 bits per heavy atom. The summed E-state index contributed by atoms with van der Waals surface area (Å²) >= 11 is 0. The first-order valence-corrected chi connectivity index (χ1v) is 5.66. The van der Waals surface area contributed by atoms with Crippen LogP contribution in [0.5, 0.6) is 5.75 Å². The lowest BCUT2D eigenvalue weighted by atomic mass is 10.4. The zero-order valence-corrected chi connectivity index (χ0v) is 9.35. The molecule has 1 fully saturated rings. The minimum Gasteiger partial charge on any atom is -0.492 e. The average Bonchev–Trinajstić information content (AvgIpc) is 2.82. The van der Waals surface area contributed by atoms with E-state index < -0.39 is 0 Å². The summed E-state index contributed by atoms with van der Waals surface area (Å²) in [5.74, 6) is 6.70. The lowest BCUT2D eigenvalue weighted by Gasteiger charge is -2.14. The molecule has 0 amide bonds. The summed E-state index contributed by atoms with van der Waals surface area (Å²) in [7, 11) is 0. The lowest BCUT2D eigenvalue weighted by Crippen LogP contribution is -2.25. The molecule has 1 aliphatic heterocycles. The van der Waals surface area contributed by atoms with Gasteiger partial charge in [0.05, 0.1) is 0 Å². The largest absolute Gasteiger partial charge is 0.492 e. The number of nitrogens with zero attached hydrogens (tertiary/aromatic N) is 2. The number of anilines is 1. The molecule has 5 nitrogen and oxygen atoms in total. The molecule has 2 heterocycles. The predicted molar refractivity (Wildman–Crippen MR) is 63.2 cm³/mol. The Kier molecular flexibility index (Phi) is 3.96. The first-order chi connectivity index (χ1) is 7.88. The van der Waals surface area contributed by atoms with Crippen LogP contribution in [0, 0.1) is 0 Å². The van der Waals surface area contributed by atoms with Crippen molar-refractivity contribution in [2.75, 3.05) is 31.7 Å². The highest BCUT2D eigenvalue weighted by Crippen LogP contribution is 2.14. The van der Waals surface area contributed by atoms with Crippen LogP contribution in [-0.2, 0) is 0 Å². The van der Waals surface area contributed by atoms with Crippen molar-refractivity contribution in [1.29, 1.82) is 0 Å². The average molecular weight is 222 g/mol.